The minimum Gasteiger partial charge on any atom is -0.0836 e. The molecule has 13 heavy (non-hydrogen) atoms. The molecule has 0 saturated carbocycles. The summed E-state index contributed by atoms with van der Waals surface area (Å²) in [5, 5.41) is 3.50. The largest absolute Gasteiger partial charge is 0.0836 e. The van der Waals surface area contributed by atoms with E-state index >= 15 is 0 Å². The molecule has 2 aromatic rings. The molecule has 0 nitrogen and oxygen atoms in total. The van der Waals surface area contributed by atoms with Crippen molar-refractivity contribution in [1.29, 1.82) is 0 Å². The van der Waals surface area contributed by atoms with E-state index in [1.165, 1.54) is 0 Å². The van der Waals surface area contributed by atoms with E-state index in [1.807, 2.05) is 24.3 Å². The molecule has 0 aromatic heterocycles. The minimum atomic E-state index is 0.491. The van der Waals surface area contributed by atoms with Gasteiger partial charge in [0.25, 0.3) is 0 Å². The molecule has 0 spiro atoms. The van der Waals surface area contributed by atoms with Crippen LogP contribution in [-0.4, -0.2) is 0 Å². The molecule has 66 valence electrons. The maximum Gasteiger partial charge on any atom is 0.0671 e. The van der Waals surface area contributed by atoms with Crippen LogP contribution in [0.2, 0.25) is 15.1 Å². The molecule has 0 unspecified atom stereocenters. The van der Waals surface area contributed by atoms with Crippen LogP contribution in [0.25, 0.3) is 10.8 Å². The highest BCUT2D eigenvalue weighted by atomic mass is 35.5. The van der Waals surface area contributed by atoms with Crippen molar-refractivity contribution < 1.29 is 0 Å². The van der Waals surface area contributed by atoms with Crippen LogP contribution in [0.15, 0.2) is 30.3 Å². The minimum absolute atomic E-state index is 0.491. The van der Waals surface area contributed by atoms with Crippen molar-refractivity contribution in [3.8, 4) is 0 Å². The monoisotopic (exact) mass is 230 g/mol. The lowest BCUT2D eigenvalue weighted by Crippen LogP contribution is -1.77. The number of hydrogen-bond donors (Lipinski definition) is 0. The van der Waals surface area contributed by atoms with E-state index in [-0.39, 0.29) is 0 Å². The molecular formula is C10H5Cl3. The second kappa shape index (κ2) is 3.38. The average molecular weight is 232 g/mol. The van der Waals surface area contributed by atoms with Gasteiger partial charge in [0.2, 0.25) is 0 Å². The highest BCUT2D eigenvalue weighted by Crippen LogP contribution is 2.35. The lowest BCUT2D eigenvalue weighted by molar-refractivity contribution is 1.74. The molecular weight excluding hydrogens is 226 g/mol. The van der Waals surface area contributed by atoms with Gasteiger partial charge in [0.15, 0.2) is 0 Å². The van der Waals surface area contributed by atoms with Crippen molar-refractivity contribution in [3.63, 3.8) is 0 Å². The Morgan fingerprint density at radius 1 is 0.769 bits per heavy atom. The van der Waals surface area contributed by atoms with Crippen LogP contribution in [0.5, 0.6) is 0 Å². The molecule has 0 N–H and O–H groups in total. The van der Waals surface area contributed by atoms with Gasteiger partial charge in [0, 0.05) is 15.8 Å². The third kappa shape index (κ3) is 1.50. The van der Waals surface area contributed by atoms with Gasteiger partial charge in [-0.15, -0.1) is 0 Å². The second-order valence-corrected chi connectivity index (χ2v) is 3.89. The van der Waals surface area contributed by atoms with E-state index in [1.54, 1.807) is 6.07 Å². The summed E-state index contributed by atoms with van der Waals surface area (Å²) < 4.78 is 0. The molecule has 0 atom stereocenters. The molecule has 0 aliphatic rings. The summed E-state index contributed by atoms with van der Waals surface area (Å²) in [7, 11) is 0. The van der Waals surface area contributed by atoms with Gasteiger partial charge in [0.05, 0.1) is 10.0 Å². The lowest BCUT2D eigenvalue weighted by Gasteiger charge is -2.03. The summed E-state index contributed by atoms with van der Waals surface area (Å²) in [6.45, 7) is 0. The third-order valence-corrected chi connectivity index (χ3v) is 3.00. The number of benzene rings is 2. The fourth-order valence-corrected chi connectivity index (χ4v) is 2.02. The first-order chi connectivity index (χ1) is 6.20. The Hall–Kier alpha value is -0.430. The standard InChI is InChI=1S/C10H5Cl3/c11-8-5-9(12)10(13)7-4-2-1-3-6(7)8/h1-5H. The second-order valence-electron chi connectivity index (χ2n) is 2.70. The Bertz CT molecular complexity index is 463. The third-order valence-electron chi connectivity index (χ3n) is 1.88. The fourth-order valence-electron chi connectivity index (χ4n) is 1.26. The lowest BCUT2D eigenvalue weighted by atomic mass is 10.1. The first-order valence-corrected chi connectivity index (χ1v) is 4.86. The zero-order valence-electron chi connectivity index (χ0n) is 6.52. The van der Waals surface area contributed by atoms with Crippen molar-refractivity contribution in [2.45, 2.75) is 0 Å². The van der Waals surface area contributed by atoms with E-state index in [0.29, 0.717) is 15.1 Å². The SMILES string of the molecule is Clc1cc(Cl)c2ccccc2c1Cl. The highest BCUT2D eigenvalue weighted by Gasteiger charge is 2.06. The summed E-state index contributed by atoms with van der Waals surface area (Å²) in [6.07, 6.45) is 0. The van der Waals surface area contributed by atoms with Crippen LogP contribution in [-0.2, 0) is 0 Å². The molecule has 3 heteroatoms. The molecule has 2 aromatic carbocycles. The van der Waals surface area contributed by atoms with Gasteiger partial charge in [-0.2, -0.15) is 0 Å². The van der Waals surface area contributed by atoms with Crippen LogP contribution in [0.1, 0.15) is 0 Å². The van der Waals surface area contributed by atoms with Gasteiger partial charge >= 0.3 is 0 Å². The number of fused-ring (bicyclic) bond motifs is 1. The Labute approximate surface area is 91.0 Å². The van der Waals surface area contributed by atoms with E-state index in [9.17, 15) is 0 Å². The smallest absolute Gasteiger partial charge is 0.0671 e. The molecule has 0 heterocycles. The maximum absolute atomic E-state index is 6.01. The predicted molar refractivity (Wildman–Crippen MR) is 59.0 cm³/mol. The van der Waals surface area contributed by atoms with Crippen LogP contribution >= 0.6 is 34.8 Å². The summed E-state index contributed by atoms with van der Waals surface area (Å²) in [5.41, 5.74) is 0. The zero-order valence-corrected chi connectivity index (χ0v) is 8.79. The molecule has 0 aliphatic carbocycles. The number of hydrogen-bond acceptors (Lipinski definition) is 0. The van der Waals surface area contributed by atoms with Gasteiger partial charge in [-0.25, -0.2) is 0 Å². The molecule has 0 aliphatic heterocycles. The predicted octanol–water partition coefficient (Wildman–Crippen LogP) is 4.80. The summed E-state index contributed by atoms with van der Waals surface area (Å²) in [6, 6.07) is 9.29. The van der Waals surface area contributed by atoms with E-state index in [2.05, 4.69) is 0 Å². The van der Waals surface area contributed by atoms with Gasteiger partial charge in [0.1, 0.15) is 0 Å². The fraction of sp³-hybridized carbons (Fsp3) is 0. The number of rotatable bonds is 0. The van der Waals surface area contributed by atoms with Gasteiger partial charge < -0.3 is 0 Å². The van der Waals surface area contributed by atoms with Crippen molar-refractivity contribution >= 4 is 45.6 Å². The molecule has 0 amide bonds. The van der Waals surface area contributed by atoms with Crippen LogP contribution in [0.4, 0.5) is 0 Å². The summed E-state index contributed by atoms with van der Waals surface area (Å²) in [5.74, 6) is 0. The van der Waals surface area contributed by atoms with Crippen molar-refractivity contribution in [2.75, 3.05) is 0 Å². The highest BCUT2D eigenvalue weighted by molar-refractivity contribution is 6.47. The van der Waals surface area contributed by atoms with Crippen molar-refractivity contribution in [2.24, 2.45) is 0 Å². The van der Waals surface area contributed by atoms with Crippen molar-refractivity contribution in [3.05, 3.63) is 45.4 Å². The molecule has 0 radical (unpaired) electrons. The Morgan fingerprint density at radius 2 is 1.38 bits per heavy atom. The van der Waals surface area contributed by atoms with Gasteiger partial charge in [-0.05, 0) is 6.07 Å². The topological polar surface area (TPSA) is 0 Å². The van der Waals surface area contributed by atoms with E-state index in [0.717, 1.165) is 10.8 Å². The first kappa shape index (κ1) is 9.14. The summed E-state index contributed by atoms with van der Waals surface area (Å²) in [4.78, 5) is 0. The van der Waals surface area contributed by atoms with Gasteiger partial charge in [-0.3, -0.25) is 0 Å². The Balaban J connectivity index is 2.97. The van der Waals surface area contributed by atoms with Crippen molar-refractivity contribution in [1.82, 2.24) is 0 Å². The normalized spacial score (nSPS) is 10.7. The summed E-state index contributed by atoms with van der Waals surface area (Å²) >= 11 is 17.9. The van der Waals surface area contributed by atoms with E-state index < -0.39 is 0 Å². The van der Waals surface area contributed by atoms with Gasteiger partial charge in [-0.1, -0.05) is 59.1 Å². The first-order valence-electron chi connectivity index (χ1n) is 3.72. The molecule has 2 rings (SSSR count). The quantitative estimate of drug-likeness (QED) is 0.571. The van der Waals surface area contributed by atoms with Crippen LogP contribution in [0.3, 0.4) is 0 Å². The molecule has 0 saturated heterocycles. The molecule has 0 fully saturated rings. The Kier molecular flexibility index (Phi) is 2.37. The maximum atomic E-state index is 6.01. The number of halogens is 3. The van der Waals surface area contributed by atoms with E-state index in [4.69, 9.17) is 34.8 Å². The molecule has 0 bridgehead atoms. The zero-order chi connectivity index (χ0) is 9.42. The van der Waals surface area contributed by atoms with Crippen LogP contribution in [0, 0.1) is 0 Å². The van der Waals surface area contributed by atoms with Crippen LogP contribution < -0.4 is 0 Å². The average Bonchev–Trinajstić information content (AvgIpc) is 2.15. The Morgan fingerprint density at radius 3 is 2.08 bits per heavy atom.